The number of nitrogens with one attached hydrogen (secondary N) is 2. The van der Waals surface area contributed by atoms with Crippen molar-refractivity contribution in [2.24, 2.45) is 0 Å². The maximum Gasteiger partial charge on any atom is 0.286 e. The molecule has 2 rings (SSSR count). The molecule has 2 aromatic rings. The number of hydrogen-bond donors (Lipinski definition) is 3. The van der Waals surface area contributed by atoms with Crippen LogP contribution in [-0.4, -0.2) is 23.5 Å². The highest BCUT2D eigenvalue weighted by Crippen LogP contribution is 2.21. The van der Waals surface area contributed by atoms with Crippen LogP contribution < -0.4 is 10.6 Å². The van der Waals surface area contributed by atoms with E-state index in [-0.39, 0.29) is 29.7 Å². The van der Waals surface area contributed by atoms with E-state index in [1.807, 2.05) is 0 Å². The van der Waals surface area contributed by atoms with Crippen molar-refractivity contribution in [3.63, 3.8) is 0 Å². The third kappa shape index (κ3) is 4.38. The minimum atomic E-state index is -0.305. The molecule has 1 aromatic carbocycles. The minimum Gasteiger partial charge on any atom is -0.506 e. The van der Waals surface area contributed by atoms with Gasteiger partial charge in [-0.3, -0.25) is 9.59 Å². The average molecular weight is 288 g/mol. The molecule has 110 valence electrons. The van der Waals surface area contributed by atoms with E-state index in [4.69, 9.17) is 4.42 Å². The maximum atomic E-state index is 11.7. The van der Waals surface area contributed by atoms with E-state index in [1.165, 1.54) is 12.3 Å². The van der Waals surface area contributed by atoms with Crippen LogP contribution in [0.4, 0.5) is 5.69 Å². The molecule has 0 atom stereocenters. The fraction of sp³-hybridized carbons (Fsp3) is 0.200. The third-order valence-corrected chi connectivity index (χ3v) is 2.79. The van der Waals surface area contributed by atoms with Gasteiger partial charge >= 0.3 is 0 Å². The predicted octanol–water partition coefficient (Wildman–Crippen LogP) is 2.13. The molecular weight excluding hydrogens is 272 g/mol. The van der Waals surface area contributed by atoms with Gasteiger partial charge < -0.3 is 20.2 Å². The smallest absolute Gasteiger partial charge is 0.286 e. The number of aromatic hydroxyl groups is 1. The topological polar surface area (TPSA) is 91.6 Å². The van der Waals surface area contributed by atoms with Gasteiger partial charge in [-0.25, -0.2) is 0 Å². The molecule has 0 spiro atoms. The molecule has 3 N–H and O–H groups in total. The number of para-hydroxylation sites is 2. The number of hydrogen-bond acceptors (Lipinski definition) is 4. The van der Waals surface area contributed by atoms with E-state index in [9.17, 15) is 14.7 Å². The van der Waals surface area contributed by atoms with Gasteiger partial charge in [0.1, 0.15) is 5.75 Å². The zero-order chi connectivity index (χ0) is 15.1. The number of amides is 2. The predicted molar refractivity (Wildman–Crippen MR) is 77.0 cm³/mol. The molecule has 0 saturated carbocycles. The molecule has 2 amide bonds. The Hall–Kier alpha value is -2.76. The summed E-state index contributed by atoms with van der Waals surface area (Å²) < 4.78 is 4.95. The van der Waals surface area contributed by atoms with Gasteiger partial charge in [-0.1, -0.05) is 12.1 Å². The number of phenols is 1. The first-order chi connectivity index (χ1) is 10.2. The van der Waals surface area contributed by atoms with Crippen molar-refractivity contribution in [2.75, 3.05) is 11.9 Å². The van der Waals surface area contributed by atoms with Gasteiger partial charge in [0.25, 0.3) is 5.91 Å². The Morgan fingerprint density at radius 1 is 1.14 bits per heavy atom. The molecule has 1 aromatic heterocycles. The first-order valence-corrected chi connectivity index (χ1v) is 6.56. The normalized spacial score (nSPS) is 10.1. The molecule has 0 aliphatic heterocycles. The zero-order valence-corrected chi connectivity index (χ0v) is 11.3. The molecule has 0 saturated heterocycles. The standard InChI is InChI=1S/C15H16N2O4/c18-12-6-2-1-5-11(12)17-14(19)8-3-9-16-15(20)13-7-4-10-21-13/h1-2,4-7,10,18H,3,8-9H2,(H,16,20)(H,17,19). The largest absolute Gasteiger partial charge is 0.506 e. The summed E-state index contributed by atoms with van der Waals surface area (Å²) in [5, 5.41) is 14.8. The van der Waals surface area contributed by atoms with E-state index in [0.717, 1.165) is 0 Å². The Kier molecular flexibility index (Phi) is 4.98. The van der Waals surface area contributed by atoms with Crippen molar-refractivity contribution in [1.82, 2.24) is 5.32 Å². The first kappa shape index (κ1) is 14.6. The fourth-order valence-corrected chi connectivity index (χ4v) is 1.74. The molecule has 6 nitrogen and oxygen atoms in total. The van der Waals surface area contributed by atoms with Crippen LogP contribution in [0.3, 0.4) is 0 Å². The van der Waals surface area contributed by atoms with Crippen LogP contribution in [0, 0.1) is 0 Å². The monoisotopic (exact) mass is 288 g/mol. The Labute approximate surface area is 121 Å². The van der Waals surface area contributed by atoms with Crippen LogP contribution in [0.5, 0.6) is 5.75 Å². The highest BCUT2D eigenvalue weighted by molar-refractivity contribution is 5.92. The SMILES string of the molecule is O=C(CCCNC(=O)c1ccco1)Nc1ccccc1O. The molecule has 0 fully saturated rings. The van der Waals surface area contributed by atoms with Gasteiger partial charge in [0.2, 0.25) is 5.91 Å². The molecule has 0 bridgehead atoms. The second-order valence-corrected chi connectivity index (χ2v) is 4.40. The number of carbonyl (C=O) groups is 2. The Bertz CT molecular complexity index is 608. The van der Waals surface area contributed by atoms with Crippen LogP contribution in [0.1, 0.15) is 23.4 Å². The minimum absolute atomic E-state index is 0.0250. The fourth-order valence-electron chi connectivity index (χ4n) is 1.74. The summed E-state index contributed by atoms with van der Waals surface area (Å²) >= 11 is 0. The second kappa shape index (κ2) is 7.14. The molecule has 0 aliphatic rings. The van der Waals surface area contributed by atoms with E-state index < -0.39 is 0 Å². The van der Waals surface area contributed by atoms with Gasteiger partial charge in [-0.15, -0.1) is 0 Å². The van der Waals surface area contributed by atoms with Crippen LogP contribution in [0.25, 0.3) is 0 Å². The number of rotatable bonds is 6. The van der Waals surface area contributed by atoms with Crippen molar-refractivity contribution < 1.29 is 19.1 Å². The lowest BCUT2D eigenvalue weighted by atomic mass is 10.2. The van der Waals surface area contributed by atoms with Gasteiger partial charge in [-0.2, -0.15) is 0 Å². The van der Waals surface area contributed by atoms with Gasteiger partial charge in [0, 0.05) is 13.0 Å². The number of benzene rings is 1. The van der Waals surface area contributed by atoms with Gasteiger partial charge in [-0.05, 0) is 30.7 Å². The Morgan fingerprint density at radius 2 is 1.95 bits per heavy atom. The summed E-state index contributed by atoms with van der Waals surface area (Å²) in [5.74, 6) is -0.254. The summed E-state index contributed by atoms with van der Waals surface area (Å²) in [6, 6.07) is 9.72. The van der Waals surface area contributed by atoms with E-state index in [0.29, 0.717) is 18.7 Å². The molecule has 6 heteroatoms. The van der Waals surface area contributed by atoms with E-state index in [2.05, 4.69) is 10.6 Å². The Balaban J connectivity index is 1.68. The summed E-state index contributed by atoms with van der Waals surface area (Å²) in [6.45, 7) is 0.369. The van der Waals surface area contributed by atoms with Gasteiger partial charge in [0.05, 0.1) is 12.0 Å². The number of phenolic OH excluding ortho intramolecular Hbond substituents is 1. The molecule has 1 heterocycles. The second-order valence-electron chi connectivity index (χ2n) is 4.40. The van der Waals surface area contributed by atoms with E-state index >= 15 is 0 Å². The summed E-state index contributed by atoms with van der Waals surface area (Å²) in [4.78, 5) is 23.2. The van der Waals surface area contributed by atoms with E-state index in [1.54, 1.807) is 30.3 Å². The van der Waals surface area contributed by atoms with Crippen molar-refractivity contribution in [2.45, 2.75) is 12.8 Å². The summed E-state index contributed by atoms with van der Waals surface area (Å²) in [7, 11) is 0. The molecule has 0 aliphatic carbocycles. The Morgan fingerprint density at radius 3 is 2.67 bits per heavy atom. The molecule has 0 radical (unpaired) electrons. The first-order valence-electron chi connectivity index (χ1n) is 6.56. The van der Waals surface area contributed by atoms with Gasteiger partial charge in [0.15, 0.2) is 5.76 Å². The van der Waals surface area contributed by atoms with Crippen LogP contribution in [-0.2, 0) is 4.79 Å². The molecule has 0 unspecified atom stereocenters. The lowest BCUT2D eigenvalue weighted by Crippen LogP contribution is -2.25. The van der Waals surface area contributed by atoms with Crippen molar-refractivity contribution in [3.05, 3.63) is 48.4 Å². The zero-order valence-electron chi connectivity index (χ0n) is 11.3. The molecular formula is C15H16N2O4. The van der Waals surface area contributed by atoms with Crippen molar-refractivity contribution in [3.8, 4) is 5.75 Å². The quantitative estimate of drug-likeness (QED) is 0.561. The van der Waals surface area contributed by atoms with Crippen LogP contribution in [0.2, 0.25) is 0 Å². The number of anilines is 1. The summed E-state index contributed by atoms with van der Waals surface area (Å²) in [6.07, 6.45) is 2.16. The number of furan rings is 1. The highest BCUT2D eigenvalue weighted by Gasteiger charge is 2.08. The van der Waals surface area contributed by atoms with Crippen molar-refractivity contribution >= 4 is 17.5 Å². The number of carbonyl (C=O) groups excluding carboxylic acids is 2. The van der Waals surface area contributed by atoms with Crippen LogP contribution in [0.15, 0.2) is 47.1 Å². The third-order valence-electron chi connectivity index (χ3n) is 2.79. The molecule has 21 heavy (non-hydrogen) atoms. The lowest BCUT2D eigenvalue weighted by molar-refractivity contribution is -0.116. The summed E-state index contributed by atoms with van der Waals surface area (Å²) in [5.41, 5.74) is 0.377. The van der Waals surface area contributed by atoms with Crippen molar-refractivity contribution in [1.29, 1.82) is 0 Å². The van der Waals surface area contributed by atoms with Crippen LogP contribution >= 0.6 is 0 Å². The lowest BCUT2D eigenvalue weighted by Gasteiger charge is -2.07. The maximum absolute atomic E-state index is 11.7. The average Bonchev–Trinajstić information content (AvgIpc) is 3.00. The highest BCUT2D eigenvalue weighted by atomic mass is 16.3.